The number of anilines is 1. The van der Waals surface area contributed by atoms with Crippen LogP contribution < -0.4 is 9.64 Å². The van der Waals surface area contributed by atoms with Gasteiger partial charge in [0.25, 0.3) is 0 Å². The Balaban J connectivity index is 1.19. The van der Waals surface area contributed by atoms with E-state index in [-0.39, 0.29) is 23.7 Å². The third-order valence-electron chi connectivity index (χ3n) is 6.74. The summed E-state index contributed by atoms with van der Waals surface area (Å²) in [6.07, 6.45) is 8.57. The Morgan fingerprint density at radius 3 is 2.29 bits per heavy atom. The van der Waals surface area contributed by atoms with Crippen molar-refractivity contribution in [3.63, 3.8) is 0 Å². The Morgan fingerprint density at radius 1 is 0.903 bits per heavy atom. The molecule has 0 unspecified atom stereocenters. The van der Waals surface area contributed by atoms with Crippen LogP contribution in [0.25, 0.3) is 0 Å². The minimum Gasteiger partial charge on any atom is -0.488 e. The van der Waals surface area contributed by atoms with Gasteiger partial charge in [-0.1, -0.05) is 6.42 Å². The molecule has 6 nitrogen and oxygen atoms in total. The second-order valence-electron chi connectivity index (χ2n) is 8.96. The Kier molecular flexibility index (Phi) is 7.43. The number of ether oxygens (including phenoxy) is 1. The van der Waals surface area contributed by atoms with Gasteiger partial charge in [-0.15, -0.1) is 0 Å². The third-order valence-corrected chi connectivity index (χ3v) is 6.74. The zero-order valence-electron chi connectivity index (χ0n) is 18.4. The highest BCUT2D eigenvalue weighted by atomic mass is 19.1. The minimum atomic E-state index is -0.217. The van der Waals surface area contributed by atoms with Gasteiger partial charge in [0.1, 0.15) is 11.6 Å². The van der Waals surface area contributed by atoms with Gasteiger partial charge in [-0.25, -0.2) is 4.39 Å². The maximum absolute atomic E-state index is 14.0. The van der Waals surface area contributed by atoms with Crippen LogP contribution in [0.1, 0.15) is 57.8 Å². The number of nitrogens with zero attached hydrogens (tertiary/aromatic N) is 3. The summed E-state index contributed by atoms with van der Waals surface area (Å²) < 4.78 is 20.2. The predicted octanol–water partition coefficient (Wildman–Crippen LogP) is 3.59. The first-order chi connectivity index (χ1) is 15.1. The van der Waals surface area contributed by atoms with Crippen LogP contribution in [-0.2, 0) is 9.59 Å². The molecule has 3 fully saturated rings. The number of halogens is 1. The predicted molar refractivity (Wildman–Crippen MR) is 118 cm³/mol. The van der Waals surface area contributed by atoms with Gasteiger partial charge in [-0.05, 0) is 57.2 Å². The summed E-state index contributed by atoms with van der Waals surface area (Å²) in [4.78, 5) is 29.4. The van der Waals surface area contributed by atoms with Crippen LogP contribution >= 0.6 is 0 Å². The quantitative estimate of drug-likeness (QED) is 0.442. The van der Waals surface area contributed by atoms with E-state index in [1.54, 1.807) is 12.1 Å². The van der Waals surface area contributed by atoms with E-state index in [1.807, 2.05) is 0 Å². The van der Waals surface area contributed by atoms with E-state index in [9.17, 15) is 14.0 Å². The second-order valence-corrected chi connectivity index (χ2v) is 8.96. The van der Waals surface area contributed by atoms with E-state index in [2.05, 4.69) is 9.80 Å². The molecule has 0 bridgehead atoms. The third kappa shape index (κ3) is 5.76. The van der Waals surface area contributed by atoms with Crippen molar-refractivity contribution in [2.75, 3.05) is 44.2 Å². The number of likely N-dealkylation sites (tertiary alicyclic amines) is 1. The van der Waals surface area contributed by atoms with Gasteiger partial charge in [-0.2, -0.15) is 0 Å². The molecule has 1 saturated carbocycles. The molecule has 1 aromatic carbocycles. The summed E-state index contributed by atoms with van der Waals surface area (Å²) in [6, 6.07) is 4.89. The molecule has 2 amide bonds. The van der Waals surface area contributed by atoms with E-state index < -0.39 is 0 Å². The van der Waals surface area contributed by atoms with Gasteiger partial charge < -0.3 is 9.64 Å². The number of rotatable bonds is 9. The lowest BCUT2D eigenvalue weighted by Crippen LogP contribution is -2.46. The highest BCUT2D eigenvalue weighted by Crippen LogP contribution is 2.33. The van der Waals surface area contributed by atoms with Crippen LogP contribution in [0.2, 0.25) is 0 Å². The lowest BCUT2D eigenvalue weighted by molar-refractivity contribution is -0.138. The summed E-state index contributed by atoms with van der Waals surface area (Å²) in [5, 5.41) is 0. The summed E-state index contributed by atoms with van der Waals surface area (Å²) in [7, 11) is 0. The van der Waals surface area contributed by atoms with E-state index in [4.69, 9.17) is 4.74 Å². The average Bonchev–Trinajstić information content (AvgIpc) is 3.40. The van der Waals surface area contributed by atoms with E-state index in [0.29, 0.717) is 19.4 Å². The van der Waals surface area contributed by atoms with Gasteiger partial charge in [0.05, 0.1) is 11.8 Å². The van der Waals surface area contributed by atoms with E-state index >= 15 is 0 Å². The number of carbonyl (C=O) groups is 2. The van der Waals surface area contributed by atoms with Crippen molar-refractivity contribution in [2.45, 2.75) is 63.9 Å². The van der Waals surface area contributed by atoms with Crippen molar-refractivity contribution in [3.8, 4) is 5.75 Å². The fourth-order valence-corrected chi connectivity index (χ4v) is 4.89. The first kappa shape index (κ1) is 22.1. The summed E-state index contributed by atoms with van der Waals surface area (Å²) in [5.41, 5.74) is 0.881. The maximum atomic E-state index is 14.0. The standard InChI is InChI=1S/C24H34FN3O3/c25-19-8-9-22(31-20-6-2-3-7-20)21(18-19)27-16-14-26(15-17-27)12-4-1-5-13-28-23(29)10-11-24(28)30/h8-9,18,20H,1-7,10-17H2. The molecule has 4 rings (SSSR count). The molecule has 0 atom stereocenters. The topological polar surface area (TPSA) is 53.1 Å². The normalized spacial score (nSPS) is 20.8. The largest absolute Gasteiger partial charge is 0.488 e. The first-order valence-electron chi connectivity index (χ1n) is 11.9. The smallest absolute Gasteiger partial charge is 0.229 e. The number of amides is 2. The first-order valence-corrected chi connectivity index (χ1v) is 11.9. The number of piperazine rings is 1. The summed E-state index contributed by atoms with van der Waals surface area (Å²) in [6.45, 7) is 5.20. The van der Waals surface area contributed by atoms with Crippen molar-refractivity contribution in [2.24, 2.45) is 0 Å². The number of unbranched alkanes of at least 4 members (excludes halogenated alkanes) is 2. The second kappa shape index (κ2) is 10.4. The molecule has 0 N–H and O–H groups in total. The molecule has 1 aliphatic carbocycles. The summed E-state index contributed by atoms with van der Waals surface area (Å²) >= 11 is 0. The van der Waals surface area contributed by atoms with Gasteiger partial charge in [0.15, 0.2) is 0 Å². The number of benzene rings is 1. The van der Waals surface area contributed by atoms with Crippen molar-refractivity contribution in [1.82, 2.24) is 9.80 Å². The molecule has 2 saturated heterocycles. The zero-order valence-corrected chi connectivity index (χ0v) is 18.4. The Hall–Kier alpha value is -2.15. The molecule has 0 aromatic heterocycles. The number of carbonyl (C=O) groups excluding carboxylic acids is 2. The molecular weight excluding hydrogens is 397 g/mol. The van der Waals surface area contributed by atoms with Crippen LogP contribution in [-0.4, -0.2) is 67.0 Å². The number of imide groups is 1. The van der Waals surface area contributed by atoms with Crippen molar-refractivity contribution >= 4 is 17.5 Å². The van der Waals surface area contributed by atoms with Gasteiger partial charge in [-0.3, -0.25) is 19.4 Å². The highest BCUT2D eigenvalue weighted by molar-refractivity contribution is 6.01. The van der Waals surface area contributed by atoms with Crippen molar-refractivity contribution in [1.29, 1.82) is 0 Å². The number of hydrogen-bond acceptors (Lipinski definition) is 5. The van der Waals surface area contributed by atoms with Crippen molar-refractivity contribution in [3.05, 3.63) is 24.0 Å². The number of hydrogen-bond donors (Lipinski definition) is 0. The molecule has 170 valence electrons. The van der Waals surface area contributed by atoms with Crippen LogP contribution in [0.3, 0.4) is 0 Å². The van der Waals surface area contributed by atoms with Crippen molar-refractivity contribution < 1.29 is 18.7 Å². The van der Waals surface area contributed by atoms with Crippen LogP contribution in [0.15, 0.2) is 18.2 Å². The van der Waals surface area contributed by atoms with Crippen LogP contribution in [0.5, 0.6) is 5.75 Å². The molecule has 31 heavy (non-hydrogen) atoms. The molecule has 7 heteroatoms. The summed E-state index contributed by atoms with van der Waals surface area (Å²) in [5.74, 6) is 0.559. The highest BCUT2D eigenvalue weighted by Gasteiger charge is 2.28. The zero-order chi connectivity index (χ0) is 21.6. The van der Waals surface area contributed by atoms with Crippen LogP contribution in [0, 0.1) is 5.82 Å². The molecule has 2 aliphatic heterocycles. The van der Waals surface area contributed by atoms with E-state index in [0.717, 1.165) is 76.3 Å². The lowest BCUT2D eigenvalue weighted by atomic mass is 10.2. The molecule has 0 spiro atoms. The molecule has 0 radical (unpaired) electrons. The molecule has 3 aliphatic rings. The molecule has 1 aromatic rings. The monoisotopic (exact) mass is 431 g/mol. The Bertz CT molecular complexity index is 757. The average molecular weight is 432 g/mol. The van der Waals surface area contributed by atoms with Gasteiger partial charge in [0.2, 0.25) is 11.8 Å². The van der Waals surface area contributed by atoms with Gasteiger partial charge >= 0.3 is 0 Å². The fraction of sp³-hybridized carbons (Fsp3) is 0.667. The van der Waals surface area contributed by atoms with Gasteiger partial charge in [0, 0.05) is 51.6 Å². The lowest BCUT2D eigenvalue weighted by Gasteiger charge is -2.37. The Morgan fingerprint density at radius 2 is 1.58 bits per heavy atom. The Labute approximate surface area is 184 Å². The minimum absolute atomic E-state index is 0.0187. The molecular formula is C24H34FN3O3. The SMILES string of the molecule is O=C1CCC(=O)N1CCCCCN1CCN(c2cc(F)ccc2OC2CCCC2)CC1. The fourth-order valence-electron chi connectivity index (χ4n) is 4.89. The molecule has 2 heterocycles. The van der Waals surface area contributed by atoms with Crippen LogP contribution in [0.4, 0.5) is 10.1 Å². The van der Waals surface area contributed by atoms with E-state index in [1.165, 1.54) is 23.8 Å². The maximum Gasteiger partial charge on any atom is 0.229 e.